The minimum absolute atomic E-state index is 0.130. The number of aliphatic hydroxyl groups is 1. The van der Waals surface area contributed by atoms with Gasteiger partial charge >= 0.3 is 0 Å². The summed E-state index contributed by atoms with van der Waals surface area (Å²) in [7, 11) is 0. The third-order valence-electron chi connectivity index (χ3n) is 3.29. The topological polar surface area (TPSA) is 57.6 Å². The van der Waals surface area contributed by atoms with Gasteiger partial charge in [0.25, 0.3) is 0 Å². The van der Waals surface area contributed by atoms with Crippen molar-refractivity contribution in [3.63, 3.8) is 0 Å². The number of rotatable bonds is 7. The molecule has 0 aliphatic carbocycles. The minimum atomic E-state index is -0.291. The molecule has 4 nitrogen and oxygen atoms in total. The second kappa shape index (κ2) is 8.10. The van der Waals surface area contributed by atoms with E-state index in [0.29, 0.717) is 5.69 Å². The van der Waals surface area contributed by atoms with Crippen LogP contribution in [-0.4, -0.2) is 29.9 Å². The number of Topliss-reactive ketones (excluding diaryl/α,β-unsaturated/α-hetero) is 1. The van der Waals surface area contributed by atoms with Crippen molar-refractivity contribution in [2.75, 3.05) is 18.1 Å². The van der Waals surface area contributed by atoms with E-state index in [1.165, 1.54) is 4.90 Å². The molecule has 0 saturated heterocycles. The van der Waals surface area contributed by atoms with Gasteiger partial charge in [-0.05, 0) is 17.7 Å². The van der Waals surface area contributed by atoms with Gasteiger partial charge in [-0.2, -0.15) is 0 Å². The minimum Gasteiger partial charge on any atom is -0.395 e. The SMILES string of the molecule is O=C(CC(=O)N(CCO)c1ccccc1)Cc1ccccc1. The van der Waals surface area contributed by atoms with Crippen LogP contribution in [-0.2, 0) is 16.0 Å². The number of aliphatic hydroxyl groups excluding tert-OH is 1. The third-order valence-corrected chi connectivity index (χ3v) is 3.29. The molecule has 0 bridgehead atoms. The molecule has 1 amide bonds. The van der Waals surface area contributed by atoms with Crippen molar-refractivity contribution in [3.8, 4) is 0 Å². The Morgan fingerprint density at radius 2 is 1.50 bits per heavy atom. The zero-order valence-electron chi connectivity index (χ0n) is 12.3. The highest BCUT2D eigenvalue weighted by atomic mass is 16.3. The molecule has 0 unspecified atom stereocenters. The molecule has 2 aromatic rings. The molecule has 0 saturated carbocycles. The van der Waals surface area contributed by atoms with Crippen LogP contribution in [0.25, 0.3) is 0 Å². The van der Waals surface area contributed by atoms with Gasteiger partial charge in [-0.1, -0.05) is 48.5 Å². The first kappa shape index (κ1) is 15.9. The molecule has 0 heterocycles. The van der Waals surface area contributed by atoms with Crippen molar-refractivity contribution in [1.82, 2.24) is 0 Å². The highest BCUT2D eigenvalue weighted by molar-refractivity contribution is 6.06. The molecule has 0 atom stereocenters. The first-order valence-corrected chi connectivity index (χ1v) is 7.22. The third kappa shape index (κ3) is 4.53. The van der Waals surface area contributed by atoms with E-state index in [1.807, 2.05) is 48.5 Å². The van der Waals surface area contributed by atoms with Crippen LogP contribution >= 0.6 is 0 Å². The number of benzene rings is 2. The number of ketones is 1. The van der Waals surface area contributed by atoms with Gasteiger partial charge in [0, 0.05) is 18.7 Å². The molecule has 0 spiro atoms. The molecular weight excluding hydrogens is 278 g/mol. The van der Waals surface area contributed by atoms with Crippen LogP contribution in [0.15, 0.2) is 60.7 Å². The van der Waals surface area contributed by atoms with Gasteiger partial charge in [0.05, 0.1) is 13.0 Å². The summed E-state index contributed by atoms with van der Waals surface area (Å²) in [6, 6.07) is 18.4. The molecule has 0 radical (unpaired) electrons. The number of hydrogen-bond acceptors (Lipinski definition) is 3. The summed E-state index contributed by atoms with van der Waals surface area (Å²) in [6.07, 6.45) is 0.0815. The van der Waals surface area contributed by atoms with E-state index < -0.39 is 0 Å². The summed E-state index contributed by atoms with van der Waals surface area (Å²) in [5, 5.41) is 9.14. The molecule has 4 heteroatoms. The number of para-hydroxylation sites is 1. The number of carbonyl (C=O) groups is 2. The molecule has 0 fully saturated rings. The van der Waals surface area contributed by atoms with E-state index >= 15 is 0 Å². The van der Waals surface area contributed by atoms with Gasteiger partial charge in [0.15, 0.2) is 0 Å². The lowest BCUT2D eigenvalue weighted by Crippen LogP contribution is -2.35. The van der Waals surface area contributed by atoms with Crippen LogP contribution in [0.1, 0.15) is 12.0 Å². The number of anilines is 1. The Balaban J connectivity index is 2.00. The summed E-state index contributed by atoms with van der Waals surface area (Å²) < 4.78 is 0. The zero-order chi connectivity index (χ0) is 15.8. The maximum absolute atomic E-state index is 12.3. The fourth-order valence-electron chi connectivity index (χ4n) is 2.26. The first-order chi connectivity index (χ1) is 10.7. The molecule has 114 valence electrons. The maximum Gasteiger partial charge on any atom is 0.234 e. The molecule has 2 rings (SSSR count). The van der Waals surface area contributed by atoms with Crippen LogP contribution in [0.4, 0.5) is 5.69 Å². The van der Waals surface area contributed by atoms with E-state index in [0.717, 1.165) is 5.56 Å². The van der Waals surface area contributed by atoms with E-state index in [1.54, 1.807) is 12.1 Å². The second-order valence-corrected chi connectivity index (χ2v) is 4.98. The molecule has 1 N–H and O–H groups in total. The van der Waals surface area contributed by atoms with Gasteiger partial charge in [-0.15, -0.1) is 0 Å². The summed E-state index contributed by atoms with van der Waals surface area (Å²) >= 11 is 0. The smallest absolute Gasteiger partial charge is 0.234 e. The van der Waals surface area contributed by atoms with Gasteiger partial charge in [0.1, 0.15) is 5.78 Å². The first-order valence-electron chi connectivity index (χ1n) is 7.22. The summed E-state index contributed by atoms with van der Waals surface area (Å²) in [5.74, 6) is -0.420. The lowest BCUT2D eigenvalue weighted by atomic mass is 10.1. The Morgan fingerprint density at radius 3 is 2.09 bits per heavy atom. The largest absolute Gasteiger partial charge is 0.395 e. The average molecular weight is 297 g/mol. The molecule has 0 aliphatic heterocycles. The van der Waals surface area contributed by atoms with Gasteiger partial charge in [0.2, 0.25) is 5.91 Å². The van der Waals surface area contributed by atoms with Crippen molar-refractivity contribution in [2.24, 2.45) is 0 Å². The van der Waals surface area contributed by atoms with Crippen LogP contribution in [0.2, 0.25) is 0 Å². The Labute approximate surface area is 130 Å². The summed E-state index contributed by atoms with van der Waals surface area (Å²) in [6.45, 7) is 0.0367. The van der Waals surface area contributed by atoms with Crippen LogP contribution in [0.3, 0.4) is 0 Å². The lowest BCUT2D eigenvalue weighted by molar-refractivity contribution is -0.126. The highest BCUT2D eigenvalue weighted by Gasteiger charge is 2.18. The highest BCUT2D eigenvalue weighted by Crippen LogP contribution is 2.14. The maximum atomic E-state index is 12.3. The molecule has 0 aliphatic rings. The predicted molar refractivity (Wildman–Crippen MR) is 85.7 cm³/mol. The van der Waals surface area contributed by atoms with Gasteiger partial charge in [-0.25, -0.2) is 0 Å². The van der Waals surface area contributed by atoms with Crippen molar-refractivity contribution >= 4 is 17.4 Å². The predicted octanol–water partition coefficient (Wildman–Crippen LogP) is 2.21. The van der Waals surface area contributed by atoms with Gasteiger partial charge < -0.3 is 10.0 Å². The van der Waals surface area contributed by atoms with E-state index in [2.05, 4.69) is 0 Å². The van der Waals surface area contributed by atoms with E-state index in [9.17, 15) is 9.59 Å². The normalized spacial score (nSPS) is 10.2. The Morgan fingerprint density at radius 1 is 0.909 bits per heavy atom. The van der Waals surface area contributed by atoms with E-state index in [4.69, 9.17) is 5.11 Å². The fourth-order valence-corrected chi connectivity index (χ4v) is 2.26. The number of amides is 1. The van der Waals surface area contributed by atoms with Crippen molar-refractivity contribution < 1.29 is 14.7 Å². The second-order valence-electron chi connectivity index (χ2n) is 4.98. The Kier molecular flexibility index (Phi) is 5.86. The van der Waals surface area contributed by atoms with E-state index in [-0.39, 0.29) is 37.7 Å². The van der Waals surface area contributed by atoms with Crippen molar-refractivity contribution in [1.29, 1.82) is 0 Å². The Bertz CT molecular complexity index is 611. The monoisotopic (exact) mass is 297 g/mol. The molecular formula is C18H19NO3. The molecule has 22 heavy (non-hydrogen) atoms. The summed E-state index contributed by atoms with van der Waals surface area (Å²) in [5.41, 5.74) is 1.59. The van der Waals surface area contributed by atoms with Crippen LogP contribution < -0.4 is 4.90 Å². The Hall–Kier alpha value is -2.46. The fraction of sp³-hybridized carbons (Fsp3) is 0.222. The standard InChI is InChI=1S/C18H19NO3/c20-12-11-19(16-9-5-2-6-10-16)18(22)14-17(21)13-15-7-3-1-4-8-15/h1-10,20H,11-14H2. The number of carbonyl (C=O) groups excluding carboxylic acids is 2. The van der Waals surface area contributed by atoms with Crippen LogP contribution in [0, 0.1) is 0 Å². The average Bonchev–Trinajstić information content (AvgIpc) is 2.54. The quantitative estimate of drug-likeness (QED) is 0.797. The van der Waals surface area contributed by atoms with Crippen LogP contribution in [0.5, 0.6) is 0 Å². The summed E-state index contributed by atoms with van der Waals surface area (Å²) in [4.78, 5) is 25.8. The number of hydrogen-bond donors (Lipinski definition) is 1. The number of nitrogens with zero attached hydrogens (tertiary/aromatic N) is 1. The molecule has 2 aromatic carbocycles. The molecule has 0 aromatic heterocycles. The van der Waals surface area contributed by atoms with Crippen molar-refractivity contribution in [3.05, 3.63) is 66.2 Å². The zero-order valence-corrected chi connectivity index (χ0v) is 12.3. The lowest BCUT2D eigenvalue weighted by Gasteiger charge is -2.21. The van der Waals surface area contributed by atoms with Crippen molar-refractivity contribution in [2.45, 2.75) is 12.8 Å². The van der Waals surface area contributed by atoms with Gasteiger partial charge in [-0.3, -0.25) is 9.59 Å².